The van der Waals surface area contributed by atoms with Gasteiger partial charge >= 0.3 is 0 Å². The Bertz CT molecular complexity index is 905. The van der Waals surface area contributed by atoms with Crippen molar-refractivity contribution in [2.75, 3.05) is 39.1 Å². The Hall–Kier alpha value is -1.37. The number of methoxy groups -OCH3 is 1. The Labute approximate surface area is 215 Å². The van der Waals surface area contributed by atoms with Gasteiger partial charge in [-0.1, -0.05) is 25.7 Å². The van der Waals surface area contributed by atoms with Crippen molar-refractivity contribution < 1.29 is 14.2 Å². The summed E-state index contributed by atoms with van der Waals surface area (Å²) in [4.78, 5) is 6.91. The average Bonchev–Trinajstić information content (AvgIpc) is 3.18. The van der Waals surface area contributed by atoms with E-state index in [4.69, 9.17) is 4.74 Å². The molecule has 1 aliphatic heterocycles. The first-order chi connectivity index (χ1) is 17.2. The number of likely N-dealkylation sites (tertiary alicyclic amines) is 1. The number of aliphatic hydroxyl groups excluding tert-OH is 1. The number of pyridine rings is 1. The molecule has 0 amide bonds. The van der Waals surface area contributed by atoms with Gasteiger partial charge in [0.1, 0.15) is 11.9 Å². The number of piperidine rings is 1. The molecule has 4 nitrogen and oxygen atoms in total. The van der Waals surface area contributed by atoms with Crippen LogP contribution < -0.4 is 4.74 Å². The summed E-state index contributed by atoms with van der Waals surface area (Å²) in [6.45, 7) is 3.34. The van der Waals surface area contributed by atoms with Crippen molar-refractivity contribution in [3.05, 3.63) is 36.0 Å². The lowest BCUT2D eigenvalue weighted by atomic mass is 9.81. The summed E-state index contributed by atoms with van der Waals surface area (Å²) in [7, 11) is 1.63. The van der Waals surface area contributed by atoms with E-state index < -0.39 is 6.17 Å². The third-order valence-corrected chi connectivity index (χ3v) is 9.56. The fraction of sp³-hybridized carbons (Fsp3) is 0.690. The number of alkyl halides is 1. The summed E-state index contributed by atoms with van der Waals surface area (Å²) >= 11 is 2.19. The highest BCUT2D eigenvalue weighted by molar-refractivity contribution is 7.99. The van der Waals surface area contributed by atoms with E-state index in [-0.39, 0.29) is 12.5 Å². The fourth-order valence-electron chi connectivity index (χ4n) is 5.96. The number of hydrogen-bond acceptors (Lipinski definition) is 5. The fourth-order valence-corrected chi connectivity index (χ4v) is 7.25. The second-order valence-electron chi connectivity index (χ2n) is 10.5. The molecular formula is C29H43FN2O2S. The largest absolute Gasteiger partial charge is 0.497 e. The first-order valence-corrected chi connectivity index (χ1v) is 14.7. The van der Waals surface area contributed by atoms with E-state index in [9.17, 15) is 5.11 Å². The van der Waals surface area contributed by atoms with Gasteiger partial charge in [-0.2, -0.15) is 11.8 Å². The van der Waals surface area contributed by atoms with Gasteiger partial charge in [-0.25, -0.2) is 4.39 Å². The molecule has 0 radical (unpaired) electrons. The molecule has 1 saturated carbocycles. The van der Waals surface area contributed by atoms with Crippen molar-refractivity contribution in [3.63, 3.8) is 0 Å². The highest BCUT2D eigenvalue weighted by Crippen LogP contribution is 2.35. The number of aromatic nitrogens is 1. The summed E-state index contributed by atoms with van der Waals surface area (Å²) in [5.41, 5.74) is 1.49. The Kier molecular flexibility index (Phi) is 10.5. The number of fused-ring (bicyclic) bond motifs is 1. The maximum atomic E-state index is 15.4. The number of rotatable bonds is 11. The molecule has 1 aliphatic carbocycles. The Morgan fingerprint density at radius 3 is 2.74 bits per heavy atom. The predicted octanol–water partition coefficient (Wildman–Crippen LogP) is 6.81. The molecule has 2 aliphatic rings. The topological polar surface area (TPSA) is 45.6 Å². The van der Waals surface area contributed by atoms with Gasteiger partial charge in [0.15, 0.2) is 0 Å². The second-order valence-corrected chi connectivity index (χ2v) is 11.9. The third kappa shape index (κ3) is 7.56. The molecule has 1 aromatic heterocycles. The van der Waals surface area contributed by atoms with Crippen LogP contribution in [0.25, 0.3) is 10.9 Å². The van der Waals surface area contributed by atoms with E-state index in [1.165, 1.54) is 50.7 Å². The minimum absolute atomic E-state index is 0.199. The van der Waals surface area contributed by atoms with Gasteiger partial charge in [0.25, 0.3) is 0 Å². The van der Waals surface area contributed by atoms with Gasteiger partial charge in [0.2, 0.25) is 0 Å². The molecular weight excluding hydrogens is 459 g/mol. The summed E-state index contributed by atoms with van der Waals surface area (Å²) in [5.74, 6) is 2.61. The number of benzene rings is 1. The lowest BCUT2D eigenvalue weighted by Crippen LogP contribution is -2.42. The van der Waals surface area contributed by atoms with Crippen molar-refractivity contribution in [1.82, 2.24) is 9.88 Å². The summed E-state index contributed by atoms with van der Waals surface area (Å²) in [6, 6.07) is 7.43. The number of ether oxygens (including phenoxy) is 1. The number of thioether (sulfide) groups is 1. The van der Waals surface area contributed by atoms with Gasteiger partial charge in [-0.05, 0) is 99.0 Å². The molecule has 1 saturated heterocycles. The molecule has 0 unspecified atom stereocenters. The molecule has 2 fully saturated rings. The molecule has 3 atom stereocenters. The molecule has 194 valence electrons. The number of hydrogen-bond donors (Lipinski definition) is 1. The highest BCUT2D eigenvalue weighted by Gasteiger charge is 2.29. The van der Waals surface area contributed by atoms with Crippen LogP contribution in [-0.4, -0.2) is 59.3 Å². The van der Waals surface area contributed by atoms with Crippen LogP contribution in [0.1, 0.15) is 75.9 Å². The van der Waals surface area contributed by atoms with Gasteiger partial charge < -0.3 is 14.7 Å². The summed E-state index contributed by atoms with van der Waals surface area (Å²) < 4.78 is 20.7. The Balaban J connectivity index is 1.23. The standard InChI is InChI=1S/C29H43FN2O2S/c1-34-24-10-12-29-27(19-24)26(13-15-31-29)28(30)11-9-22-14-17-32(20-23(22)21-33)16-6-18-35-25-7-4-2-3-5-8-25/h10,12-13,15,19,22-23,25,28,33H,2-9,11,14,16-18,20-21H2,1H3/t22-,23-,28+/m1/s1. The van der Waals surface area contributed by atoms with E-state index in [2.05, 4.69) is 21.6 Å². The van der Waals surface area contributed by atoms with Gasteiger partial charge in [0.05, 0.1) is 12.6 Å². The zero-order chi connectivity index (χ0) is 24.5. The molecule has 2 heterocycles. The van der Waals surface area contributed by atoms with Crippen LogP contribution in [-0.2, 0) is 0 Å². The lowest BCUT2D eigenvalue weighted by Gasteiger charge is -2.38. The number of aliphatic hydroxyl groups is 1. The van der Waals surface area contributed by atoms with E-state index in [0.29, 0.717) is 17.9 Å². The van der Waals surface area contributed by atoms with Gasteiger partial charge in [0, 0.05) is 30.0 Å². The van der Waals surface area contributed by atoms with Crippen LogP contribution in [0.2, 0.25) is 0 Å². The molecule has 6 heteroatoms. The van der Waals surface area contributed by atoms with Crippen molar-refractivity contribution in [3.8, 4) is 5.75 Å². The molecule has 0 bridgehead atoms. The lowest BCUT2D eigenvalue weighted by molar-refractivity contribution is 0.0640. The van der Waals surface area contributed by atoms with Crippen LogP contribution >= 0.6 is 11.8 Å². The minimum Gasteiger partial charge on any atom is -0.497 e. The zero-order valence-corrected chi connectivity index (χ0v) is 22.2. The van der Waals surface area contributed by atoms with E-state index in [1.54, 1.807) is 19.4 Å². The Morgan fingerprint density at radius 2 is 1.97 bits per heavy atom. The van der Waals surface area contributed by atoms with Crippen molar-refractivity contribution in [2.24, 2.45) is 11.8 Å². The predicted molar refractivity (Wildman–Crippen MR) is 145 cm³/mol. The first-order valence-electron chi connectivity index (χ1n) is 13.7. The smallest absolute Gasteiger partial charge is 0.126 e. The maximum Gasteiger partial charge on any atom is 0.126 e. The Morgan fingerprint density at radius 1 is 1.14 bits per heavy atom. The van der Waals surface area contributed by atoms with E-state index >= 15 is 4.39 Å². The summed E-state index contributed by atoms with van der Waals surface area (Å²) in [5, 5.41) is 11.8. The molecule has 1 aromatic carbocycles. The minimum atomic E-state index is -1.04. The van der Waals surface area contributed by atoms with Gasteiger partial charge in [-0.3, -0.25) is 4.98 Å². The third-order valence-electron chi connectivity index (χ3n) is 8.10. The van der Waals surface area contributed by atoms with Crippen LogP contribution in [0, 0.1) is 11.8 Å². The van der Waals surface area contributed by atoms with Crippen LogP contribution in [0.5, 0.6) is 5.75 Å². The van der Waals surface area contributed by atoms with Crippen LogP contribution in [0.15, 0.2) is 30.5 Å². The van der Waals surface area contributed by atoms with Gasteiger partial charge in [-0.15, -0.1) is 0 Å². The normalized spacial score (nSPS) is 23.3. The van der Waals surface area contributed by atoms with Crippen LogP contribution in [0.4, 0.5) is 4.39 Å². The molecule has 35 heavy (non-hydrogen) atoms. The molecule has 2 aromatic rings. The molecule has 0 spiro atoms. The number of halogens is 1. The second kappa shape index (κ2) is 13.8. The first kappa shape index (κ1) is 26.7. The van der Waals surface area contributed by atoms with E-state index in [1.807, 2.05) is 18.2 Å². The van der Waals surface area contributed by atoms with Crippen molar-refractivity contribution in [2.45, 2.75) is 75.6 Å². The highest BCUT2D eigenvalue weighted by atomic mass is 32.2. The maximum absolute atomic E-state index is 15.4. The van der Waals surface area contributed by atoms with E-state index in [0.717, 1.165) is 54.4 Å². The summed E-state index contributed by atoms with van der Waals surface area (Å²) in [6.07, 6.45) is 12.7. The van der Waals surface area contributed by atoms with Crippen molar-refractivity contribution >= 4 is 22.7 Å². The quantitative estimate of drug-likeness (QED) is 0.270. The molecule has 4 rings (SSSR count). The van der Waals surface area contributed by atoms with Crippen LogP contribution in [0.3, 0.4) is 0 Å². The number of nitrogens with zero attached hydrogens (tertiary/aromatic N) is 2. The van der Waals surface area contributed by atoms with Crippen molar-refractivity contribution in [1.29, 1.82) is 0 Å². The SMILES string of the molecule is COc1ccc2nccc([C@@H](F)CC[C@@H]3CCN(CCCSC4CCCCCC4)C[C@@H]3CO)c2c1. The molecule has 1 N–H and O–H groups in total. The zero-order valence-electron chi connectivity index (χ0n) is 21.3. The average molecular weight is 503 g/mol. The monoisotopic (exact) mass is 502 g/mol.